The summed E-state index contributed by atoms with van der Waals surface area (Å²) >= 11 is 0. The maximum absolute atomic E-state index is 12.0. The number of benzene rings is 1. The highest BCUT2D eigenvalue weighted by Gasteiger charge is 2.14. The Hall–Kier alpha value is -2.83. The summed E-state index contributed by atoms with van der Waals surface area (Å²) in [5.74, 6) is -1.32. The first-order chi connectivity index (χ1) is 9.47. The maximum atomic E-state index is 12.0. The Kier molecular flexibility index (Phi) is 3.69. The van der Waals surface area contributed by atoms with Gasteiger partial charge in [-0.25, -0.2) is 9.59 Å². The normalized spacial score (nSPS) is 10.2. The number of carbonyl (C=O) groups excluding carboxylic acids is 1. The zero-order chi connectivity index (χ0) is 14.7. The van der Waals surface area contributed by atoms with Crippen molar-refractivity contribution in [3.63, 3.8) is 0 Å². The van der Waals surface area contributed by atoms with E-state index in [0.29, 0.717) is 6.54 Å². The Morgan fingerprint density at radius 1 is 1.25 bits per heavy atom. The smallest absolute Gasteiger partial charge is 0.335 e. The highest BCUT2D eigenvalue weighted by Crippen LogP contribution is 2.08. The number of aromatic carboxylic acids is 1. The molecule has 1 heterocycles. The molecule has 7 heteroatoms. The summed E-state index contributed by atoms with van der Waals surface area (Å²) in [5.41, 5.74) is 0.730. The quantitative estimate of drug-likeness (QED) is 0.762. The monoisotopic (exact) mass is 275 g/mol. The van der Waals surface area contributed by atoms with E-state index in [1.165, 1.54) is 23.2 Å². The van der Waals surface area contributed by atoms with Crippen molar-refractivity contribution in [3.8, 4) is 0 Å². The van der Waals surface area contributed by atoms with Crippen LogP contribution in [0.25, 0.3) is 0 Å². The number of rotatable bonds is 4. The molecular formula is C13H13N3O4. The number of aromatic amines is 2. The van der Waals surface area contributed by atoms with Gasteiger partial charge in [0.15, 0.2) is 0 Å². The number of H-pyrrole nitrogens is 2. The summed E-state index contributed by atoms with van der Waals surface area (Å²) in [4.78, 5) is 39.8. The van der Waals surface area contributed by atoms with E-state index < -0.39 is 11.7 Å². The van der Waals surface area contributed by atoms with Crippen LogP contribution in [0.5, 0.6) is 0 Å². The topological polar surface area (TPSA) is 106 Å². The largest absolute Gasteiger partial charge is 0.478 e. The Labute approximate surface area is 113 Å². The molecule has 2 aromatic rings. The first kappa shape index (κ1) is 13.6. The molecule has 104 valence electrons. The SMILES string of the molecule is CN(Cc1ccc(C(=O)O)cc1)C(=O)c1c[nH]c(=O)[nH]1. The Morgan fingerprint density at radius 3 is 2.40 bits per heavy atom. The third-order valence-corrected chi connectivity index (χ3v) is 2.79. The minimum Gasteiger partial charge on any atom is -0.478 e. The molecule has 0 unspecified atom stereocenters. The molecule has 0 aliphatic rings. The summed E-state index contributed by atoms with van der Waals surface area (Å²) in [6.07, 6.45) is 1.31. The first-order valence-electron chi connectivity index (χ1n) is 5.83. The molecule has 0 spiro atoms. The second kappa shape index (κ2) is 5.43. The second-order valence-corrected chi connectivity index (χ2v) is 4.32. The molecule has 3 N–H and O–H groups in total. The Morgan fingerprint density at radius 2 is 1.90 bits per heavy atom. The summed E-state index contributed by atoms with van der Waals surface area (Å²) in [7, 11) is 1.60. The lowest BCUT2D eigenvalue weighted by Gasteiger charge is -2.16. The van der Waals surface area contributed by atoms with Crippen molar-refractivity contribution in [1.29, 1.82) is 0 Å². The van der Waals surface area contributed by atoms with Crippen molar-refractivity contribution in [1.82, 2.24) is 14.9 Å². The molecule has 20 heavy (non-hydrogen) atoms. The van der Waals surface area contributed by atoms with E-state index in [1.807, 2.05) is 0 Å². The number of amides is 1. The molecule has 2 rings (SSSR count). The number of aromatic nitrogens is 2. The molecule has 1 amide bonds. The molecule has 1 aromatic heterocycles. The average molecular weight is 275 g/mol. The van der Waals surface area contributed by atoms with Gasteiger partial charge in [0.1, 0.15) is 5.69 Å². The number of carbonyl (C=O) groups is 2. The summed E-state index contributed by atoms with van der Waals surface area (Å²) in [6, 6.07) is 6.25. The van der Waals surface area contributed by atoms with E-state index in [9.17, 15) is 14.4 Å². The van der Waals surface area contributed by atoms with Gasteiger partial charge in [-0.1, -0.05) is 12.1 Å². The van der Waals surface area contributed by atoms with Crippen LogP contribution in [0, 0.1) is 0 Å². The second-order valence-electron chi connectivity index (χ2n) is 4.32. The molecule has 0 fully saturated rings. The molecule has 0 atom stereocenters. The maximum Gasteiger partial charge on any atom is 0.335 e. The van der Waals surface area contributed by atoms with Crippen LogP contribution in [-0.4, -0.2) is 38.9 Å². The highest BCUT2D eigenvalue weighted by atomic mass is 16.4. The van der Waals surface area contributed by atoms with E-state index in [-0.39, 0.29) is 17.2 Å². The van der Waals surface area contributed by atoms with Crippen molar-refractivity contribution in [2.45, 2.75) is 6.54 Å². The molecular weight excluding hydrogens is 262 g/mol. The van der Waals surface area contributed by atoms with Gasteiger partial charge in [-0.2, -0.15) is 0 Å². The van der Waals surface area contributed by atoms with Crippen molar-refractivity contribution < 1.29 is 14.7 Å². The molecule has 7 nitrogen and oxygen atoms in total. The summed E-state index contributed by atoms with van der Waals surface area (Å²) in [5, 5.41) is 8.80. The lowest BCUT2D eigenvalue weighted by Crippen LogP contribution is -2.27. The average Bonchev–Trinajstić information content (AvgIpc) is 2.85. The van der Waals surface area contributed by atoms with E-state index in [1.54, 1.807) is 19.2 Å². The fraction of sp³-hybridized carbons (Fsp3) is 0.154. The highest BCUT2D eigenvalue weighted by molar-refractivity contribution is 5.91. The molecule has 0 saturated carbocycles. The van der Waals surface area contributed by atoms with Crippen LogP contribution in [0.3, 0.4) is 0 Å². The zero-order valence-electron chi connectivity index (χ0n) is 10.7. The van der Waals surface area contributed by atoms with E-state index in [0.717, 1.165) is 5.56 Å². The van der Waals surface area contributed by atoms with Gasteiger partial charge in [-0.3, -0.25) is 4.79 Å². The van der Waals surface area contributed by atoms with Gasteiger partial charge in [-0.15, -0.1) is 0 Å². The van der Waals surface area contributed by atoms with Gasteiger partial charge in [0.25, 0.3) is 5.91 Å². The van der Waals surface area contributed by atoms with Crippen LogP contribution in [0.4, 0.5) is 0 Å². The first-order valence-corrected chi connectivity index (χ1v) is 5.83. The molecule has 1 aromatic carbocycles. The summed E-state index contributed by atoms with van der Waals surface area (Å²) in [6.45, 7) is 0.311. The van der Waals surface area contributed by atoms with Crippen LogP contribution < -0.4 is 5.69 Å². The molecule has 0 saturated heterocycles. The van der Waals surface area contributed by atoms with Crippen LogP contribution in [0.2, 0.25) is 0 Å². The molecule has 0 bridgehead atoms. The zero-order valence-corrected chi connectivity index (χ0v) is 10.7. The van der Waals surface area contributed by atoms with Gasteiger partial charge in [-0.05, 0) is 17.7 Å². The van der Waals surface area contributed by atoms with Crippen molar-refractivity contribution >= 4 is 11.9 Å². The Balaban J connectivity index is 2.07. The number of nitrogens with zero attached hydrogens (tertiary/aromatic N) is 1. The molecule has 0 radical (unpaired) electrons. The predicted octanol–water partition coefficient (Wildman–Crippen LogP) is 0.673. The van der Waals surface area contributed by atoms with Crippen LogP contribution >= 0.6 is 0 Å². The van der Waals surface area contributed by atoms with Crippen molar-refractivity contribution in [2.24, 2.45) is 0 Å². The predicted molar refractivity (Wildman–Crippen MR) is 70.6 cm³/mol. The number of imidazole rings is 1. The van der Waals surface area contributed by atoms with Gasteiger partial charge < -0.3 is 20.0 Å². The molecule has 0 aliphatic carbocycles. The molecule has 0 aliphatic heterocycles. The fourth-order valence-corrected chi connectivity index (χ4v) is 1.75. The van der Waals surface area contributed by atoms with Gasteiger partial charge in [0.05, 0.1) is 5.56 Å². The van der Waals surface area contributed by atoms with Crippen LogP contribution in [-0.2, 0) is 6.54 Å². The van der Waals surface area contributed by atoms with Gasteiger partial charge >= 0.3 is 11.7 Å². The lowest BCUT2D eigenvalue weighted by atomic mass is 10.1. The minimum absolute atomic E-state index is 0.180. The van der Waals surface area contributed by atoms with Crippen molar-refractivity contribution in [3.05, 3.63) is 57.8 Å². The number of hydrogen-bond acceptors (Lipinski definition) is 3. The van der Waals surface area contributed by atoms with Crippen LogP contribution in [0.15, 0.2) is 35.3 Å². The number of carboxylic acids is 1. The van der Waals surface area contributed by atoms with Crippen LogP contribution in [0.1, 0.15) is 26.4 Å². The van der Waals surface area contributed by atoms with Gasteiger partial charge in [0.2, 0.25) is 0 Å². The number of nitrogens with one attached hydrogen (secondary N) is 2. The van der Waals surface area contributed by atoms with Gasteiger partial charge in [0, 0.05) is 19.8 Å². The third-order valence-electron chi connectivity index (χ3n) is 2.79. The van der Waals surface area contributed by atoms with E-state index in [4.69, 9.17) is 5.11 Å². The fourth-order valence-electron chi connectivity index (χ4n) is 1.75. The van der Waals surface area contributed by atoms with E-state index >= 15 is 0 Å². The third kappa shape index (κ3) is 2.94. The summed E-state index contributed by atoms with van der Waals surface area (Å²) < 4.78 is 0. The Bertz CT molecular complexity index is 684. The standard InChI is InChI=1S/C13H13N3O4/c1-16(11(17)10-6-14-13(20)15-10)7-8-2-4-9(5-3-8)12(18)19/h2-6H,7H2,1H3,(H,18,19)(H2,14,15,20). The lowest BCUT2D eigenvalue weighted by molar-refractivity contribution is 0.0695. The van der Waals surface area contributed by atoms with Crippen molar-refractivity contribution in [2.75, 3.05) is 7.05 Å². The number of hydrogen-bond donors (Lipinski definition) is 3. The minimum atomic E-state index is -0.995. The number of carboxylic acid groups (broad SMARTS) is 1. The van der Waals surface area contributed by atoms with E-state index in [2.05, 4.69) is 9.97 Å².